The predicted molar refractivity (Wildman–Crippen MR) is 66.4 cm³/mol. The van der Waals surface area contributed by atoms with Gasteiger partial charge >= 0.3 is 0 Å². The molecule has 1 aromatic heterocycles. The Morgan fingerprint density at radius 2 is 1.71 bits per heavy atom. The Labute approximate surface area is 103 Å². The van der Waals surface area contributed by atoms with E-state index in [0.717, 1.165) is 18.8 Å². The number of hydrogen-bond acceptors (Lipinski definition) is 3. The van der Waals surface area contributed by atoms with Gasteiger partial charge in [0, 0.05) is 45.1 Å². The van der Waals surface area contributed by atoms with Crippen LogP contribution in [0.2, 0.25) is 0 Å². The zero-order chi connectivity index (χ0) is 12.6. The summed E-state index contributed by atoms with van der Waals surface area (Å²) in [6.07, 6.45) is 1.68. The maximum atomic E-state index is 12.4. The van der Waals surface area contributed by atoms with Crippen molar-refractivity contribution in [1.82, 2.24) is 13.8 Å². The third-order valence-corrected chi connectivity index (χ3v) is 5.19. The summed E-state index contributed by atoms with van der Waals surface area (Å²) in [6.45, 7) is 4.65. The Morgan fingerprint density at radius 1 is 1.12 bits per heavy atom. The van der Waals surface area contributed by atoms with Gasteiger partial charge in [0.2, 0.25) is 10.0 Å². The number of piperazine rings is 1. The van der Waals surface area contributed by atoms with E-state index in [-0.39, 0.29) is 0 Å². The Kier molecular flexibility index (Phi) is 3.29. The van der Waals surface area contributed by atoms with E-state index in [1.54, 1.807) is 16.6 Å². The number of aromatic nitrogens is 1. The molecule has 1 aromatic rings. The highest BCUT2D eigenvalue weighted by Gasteiger charge is 2.28. The van der Waals surface area contributed by atoms with E-state index in [2.05, 4.69) is 4.90 Å². The molecule has 0 N–H and O–H groups in total. The van der Waals surface area contributed by atoms with E-state index in [0.29, 0.717) is 18.0 Å². The SMILES string of the molecule is Cc1cc(S(=O)(=O)N2CCN(C)CC2)cn1C. The van der Waals surface area contributed by atoms with Crippen molar-refractivity contribution < 1.29 is 8.42 Å². The third kappa shape index (κ3) is 2.38. The van der Waals surface area contributed by atoms with E-state index in [1.165, 1.54) is 0 Å². The van der Waals surface area contributed by atoms with Crippen LogP contribution in [-0.4, -0.2) is 55.4 Å². The average Bonchev–Trinajstić information content (AvgIpc) is 2.60. The molecule has 0 spiro atoms. The fourth-order valence-corrected chi connectivity index (χ4v) is 3.51. The molecule has 1 saturated heterocycles. The van der Waals surface area contributed by atoms with E-state index < -0.39 is 10.0 Å². The van der Waals surface area contributed by atoms with Crippen LogP contribution in [0, 0.1) is 6.92 Å². The highest BCUT2D eigenvalue weighted by atomic mass is 32.2. The Balaban J connectivity index is 2.24. The van der Waals surface area contributed by atoms with Crippen LogP contribution < -0.4 is 0 Å². The molecule has 1 fully saturated rings. The molecule has 2 heterocycles. The van der Waals surface area contributed by atoms with Crippen molar-refractivity contribution in [2.75, 3.05) is 33.2 Å². The summed E-state index contributed by atoms with van der Waals surface area (Å²) < 4.78 is 28.1. The zero-order valence-corrected chi connectivity index (χ0v) is 11.4. The summed E-state index contributed by atoms with van der Waals surface area (Å²) >= 11 is 0. The number of aryl methyl sites for hydroxylation is 2. The number of hydrogen-bond donors (Lipinski definition) is 0. The molecule has 0 aliphatic carbocycles. The maximum Gasteiger partial charge on any atom is 0.244 e. The van der Waals surface area contributed by atoms with Gasteiger partial charge in [-0.2, -0.15) is 4.31 Å². The smallest absolute Gasteiger partial charge is 0.244 e. The van der Waals surface area contributed by atoms with Gasteiger partial charge in [0.1, 0.15) is 4.90 Å². The summed E-state index contributed by atoms with van der Waals surface area (Å²) in [6, 6.07) is 1.73. The molecule has 0 unspecified atom stereocenters. The second-order valence-corrected chi connectivity index (χ2v) is 6.57. The lowest BCUT2D eigenvalue weighted by atomic mass is 10.4. The van der Waals surface area contributed by atoms with Crippen LogP contribution in [0.25, 0.3) is 0 Å². The first kappa shape index (κ1) is 12.6. The Morgan fingerprint density at radius 3 is 2.18 bits per heavy atom. The van der Waals surface area contributed by atoms with Crippen LogP contribution in [0.4, 0.5) is 0 Å². The van der Waals surface area contributed by atoms with Crippen molar-refractivity contribution in [2.24, 2.45) is 7.05 Å². The summed E-state index contributed by atoms with van der Waals surface area (Å²) in [5, 5.41) is 0. The van der Waals surface area contributed by atoms with Gasteiger partial charge in [0.15, 0.2) is 0 Å². The highest BCUT2D eigenvalue weighted by Crippen LogP contribution is 2.19. The van der Waals surface area contributed by atoms with Crippen LogP contribution >= 0.6 is 0 Å². The molecule has 0 bridgehead atoms. The molecule has 0 saturated carbocycles. The van der Waals surface area contributed by atoms with Crippen molar-refractivity contribution in [1.29, 1.82) is 0 Å². The van der Waals surface area contributed by atoms with Crippen LogP contribution in [0.5, 0.6) is 0 Å². The summed E-state index contributed by atoms with van der Waals surface area (Å²) in [7, 11) is 0.569. The quantitative estimate of drug-likeness (QED) is 0.764. The van der Waals surface area contributed by atoms with Crippen molar-refractivity contribution in [3.63, 3.8) is 0 Å². The average molecular weight is 257 g/mol. The topological polar surface area (TPSA) is 45.6 Å². The van der Waals surface area contributed by atoms with Gasteiger partial charge in [-0.3, -0.25) is 0 Å². The highest BCUT2D eigenvalue weighted by molar-refractivity contribution is 7.89. The number of nitrogens with zero attached hydrogens (tertiary/aromatic N) is 3. The molecule has 17 heavy (non-hydrogen) atoms. The fraction of sp³-hybridized carbons (Fsp3) is 0.636. The summed E-state index contributed by atoms with van der Waals surface area (Å²) in [5.41, 5.74) is 0.956. The van der Waals surface area contributed by atoms with Gasteiger partial charge in [0.05, 0.1) is 0 Å². The summed E-state index contributed by atoms with van der Waals surface area (Å²) in [4.78, 5) is 2.55. The van der Waals surface area contributed by atoms with Gasteiger partial charge in [-0.25, -0.2) is 8.42 Å². The van der Waals surface area contributed by atoms with E-state index in [4.69, 9.17) is 0 Å². The van der Waals surface area contributed by atoms with Crippen molar-refractivity contribution in [2.45, 2.75) is 11.8 Å². The zero-order valence-electron chi connectivity index (χ0n) is 10.5. The minimum absolute atomic E-state index is 0.405. The number of sulfonamides is 1. The Hall–Kier alpha value is -0.850. The second-order valence-electron chi connectivity index (χ2n) is 4.64. The fourth-order valence-electron chi connectivity index (χ4n) is 1.96. The van der Waals surface area contributed by atoms with Crippen molar-refractivity contribution >= 4 is 10.0 Å². The van der Waals surface area contributed by atoms with Crippen LogP contribution in [-0.2, 0) is 17.1 Å². The molecule has 2 rings (SSSR count). The van der Waals surface area contributed by atoms with Crippen LogP contribution in [0.3, 0.4) is 0 Å². The standard InChI is InChI=1S/C11H19N3O2S/c1-10-8-11(9-13(10)3)17(15,16)14-6-4-12(2)5-7-14/h8-9H,4-7H2,1-3H3. The third-order valence-electron chi connectivity index (χ3n) is 3.33. The molecule has 0 atom stereocenters. The van der Waals surface area contributed by atoms with Crippen molar-refractivity contribution in [3.8, 4) is 0 Å². The number of rotatable bonds is 2. The first-order valence-corrected chi connectivity index (χ1v) is 7.17. The van der Waals surface area contributed by atoms with Gasteiger partial charge in [-0.05, 0) is 20.0 Å². The first-order chi connectivity index (χ1) is 7.91. The molecular formula is C11H19N3O2S. The van der Waals surface area contributed by atoms with E-state index >= 15 is 0 Å². The number of likely N-dealkylation sites (N-methyl/N-ethyl adjacent to an activating group) is 1. The predicted octanol–water partition coefficient (Wildman–Crippen LogP) is 0.270. The molecule has 5 nitrogen and oxygen atoms in total. The minimum Gasteiger partial charge on any atom is -0.353 e. The lowest BCUT2D eigenvalue weighted by Gasteiger charge is -2.31. The second kappa shape index (κ2) is 4.44. The molecule has 6 heteroatoms. The van der Waals surface area contributed by atoms with E-state index in [9.17, 15) is 8.42 Å². The largest absolute Gasteiger partial charge is 0.353 e. The Bertz CT molecular complexity index is 479. The van der Waals surface area contributed by atoms with Crippen LogP contribution in [0.15, 0.2) is 17.2 Å². The summed E-state index contributed by atoms with van der Waals surface area (Å²) in [5.74, 6) is 0. The lowest BCUT2D eigenvalue weighted by Crippen LogP contribution is -2.46. The molecule has 0 aromatic carbocycles. The van der Waals surface area contributed by atoms with Crippen molar-refractivity contribution in [3.05, 3.63) is 18.0 Å². The maximum absolute atomic E-state index is 12.4. The molecule has 1 aliphatic rings. The monoisotopic (exact) mass is 257 g/mol. The van der Waals surface area contributed by atoms with Gasteiger partial charge in [-0.1, -0.05) is 0 Å². The molecule has 1 aliphatic heterocycles. The normalized spacial score (nSPS) is 19.7. The van der Waals surface area contributed by atoms with E-state index in [1.807, 2.05) is 25.6 Å². The lowest BCUT2D eigenvalue weighted by molar-refractivity contribution is 0.222. The van der Waals surface area contributed by atoms with Gasteiger partial charge < -0.3 is 9.47 Å². The van der Waals surface area contributed by atoms with Gasteiger partial charge in [-0.15, -0.1) is 0 Å². The first-order valence-electron chi connectivity index (χ1n) is 5.73. The molecule has 0 radical (unpaired) electrons. The van der Waals surface area contributed by atoms with Crippen LogP contribution in [0.1, 0.15) is 5.69 Å². The molecule has 0 amide bonds. The van der Waals surface area contributed by atoms with Gasteiger partial charge in [0.25, 0.3) is 0 Å². The minimum atomic E-state index is -3.30. The molecule has 96 valence electrons. The molecular weight excluding hydrogens is 238 g/mol.